The zero-order chi connectivity index (χ0) is 29.2. The number of carbonyl (C=O) groups is 2. The first-order chi connectivity index (χ1) is 19.6. The van der Waals surface area contributed by atoms with E-state index in [1.54, 1.807) is 17.0 Å². The first kappa shape index (κ1) is 29.2. The maximum absolute atomic E-state index is 13.7. The van der Waals surface area contributed by atoms with Crippen molar-refractivity contribution in [3.63, 3.8) is 0 Å². The van der Waals surface area contributed by atoms with Crippen LogP contribution in [0.3, 0.4) is 0 Å². The minimum absolute atomic E-state index is 0.0124. The number of nitrogens with zero attached hydrogens (tertiary/aromatic N) is 2. The third-order valence-electron chi connectivity index (χ3n) is 9.32. The number of para-hydroxylation sites is 1. The van der Waals surface area contributed by atoms with Gasteiger partial charge in [-0.3, -0.25) is 14.9 Å². The number of amides is 2. The van der Waals surface area contributed by atoms with Gasteiger partial charge in [0.25, 0.3) is 5.91 Å². The predicted octanol–water partition coefficient (Wildman–Crippen LogP) is 4.62. The van der Waals surface area contributed by atoms with E-state index in [2.05, 4.69) is 12.2 Å². The molecule has 5 rings (SSSR count). The molecule has 1 saturated carbocycles. The maximum atomic E-state index is 13.7. The topological polar surface area (TPSA) is 112 Å². The number of carbonyl (C=O) groups excluding carboxylic acids is 2. The summed E-state index contributed by atoms with van der Waals surface area (Å²) in [4.78, 5) is 34.0. The van der Waals surface area contributed by atoms with Gasteiger partial charge < -0.3 is 19.8 Å². The van der Waals surface area contributed by atoms with Gasteiger partial charge in [0.1, 0.15) is 5.75 Å². The monoisotopic (exact) mass is 577 g/mol. The van der Waals surface area contributed by atoms with Gasteiger partial charge in [-0.15, -0.1) is 11.3 Å². The summed E-state index contributed by atoms with van der Waals surface area (Å²) in [5, 5.41) is 24.9. The zero-order valence-corrected chi connectivity index (χ0v) is 24.7. The number of rotatable bonds is 9. The van der Waals surface area contributed by atoms with Crippen LogP contribution < -0.4 is 10.1 Å². The van der Waals surface area contributed by atoms with Crippen molar-refractivity contribution in [2.45, 2.75) is 58.1 Å². The van der Waals surface area contributed by atoms with Crippen molar-refractivity contribution < 1.29 is 24.5 Å². The van der Waals surface area contributed by atoms with Crippen molar-refractivity contribution in [1.29, 1.82) is 0 Å². The highest BCUT2D eigenvalue weighted by Crippen LogP contribution is 2.62. The van der Waals surface area contributed by atoms with Gasteiger partial charge in [0.2, 0.25) is 5.91 Å². The number of nitrogens with one attached hydrogen (secondary N) is 1. The van der Waals surface area contributed by atoms with Crippen LogP contribution in [-0.4, -0.2) is 58.3 Å². The first-order valence-electron chi connectivity index (χ1n) is 14.2. The van der Waals surface area contributed by atoms with Gasteiger partial charge in [-0.2, -0.15) is 0 Å². The minimum Gasteiger partial charge on any atom is -0.484 e. The third kappa shape index (κ3) is 5.89. The summed E-state index contributed by atoms with van der Waals surface area (Å²) in [6, 6.07) is 19.1. The third-order valence-corrected chi connectivity index (χ3v) is 10.3. The summed E-state index contributed by atoms with van der Waals surface area (Å²) in [5.41, 5.74) is 0.824. The summed E-state index contributed by atoms with van der Waals surface area (Å²) in [6.07, 6.45) is 1.52. The molecular weight excluding hydrogens is 538 g/mol. The number of aliphatic hydroxyl groups is 2. The van der Waals surface area contributed by atoms with E-state index in [1.165, 1.54) is 11.3 Å². The maximum Gasteiger partial charge on any atom is 0.264 e. The molecule has 5 atom stereocenters. The Bertz CT molecular complexity index is 1370. The van der Waals surface area contributed by atoms with Crippen LogP contribution in [0.25, 0.3) is 0 Å². The van der Waals surface area contributed by atoms with Crippen LogP contribution in [0.1, 0.15) is 55.2 Å². The molecule has 0 saturated heterocycles. The summed E-state index contributed by atoms with van der Waals surface area (Å²) >= 11 is 1.41. The number of hydrogen-bond acceptors (Lipinski definition) is 7. The highest BCUT2D eigenvalue weighted by atomic mass is 32.1. The Morgan fingerprint density at radius 3 is 2.49 bits per heavy atom. The van der Waals surface area contributed by atoms with Gasteiger partial charge in [-0.05, 0) is 48.3 Å². The van der Waals surface area contributed by atoms with Crippen LogP contribution in [0.5, 0.6) is 5.75 Å². The fraction of sp³-hybridized carbons (Fsp3) is 0.469. The smallest absolute Gasteiger partial charge is 0.264 e. The predicted molar refractivity (Wildman–Crippen MR) is 159 cm³/mol. The van der Waals surface area contributed by atoms with Crippen molar-refractivity contribution >= 4 is 28.3 Å². The minimum atomic E-state index is -0.709. The molecule has 8 nitrogen and oxygen atoms in total. The lowest BCUT2D eigenvalue weighted by atomic mass is 9.47. The van der Waals surface area contributed by atoms with E-state index in [0.29, 0.717) is 30.3 Å². The van der Waals surface area contributed by atoms with Crippen LogP contribution in [0.2, 0.25) is 0 Å². The fourth-order valence-corrected chi connectivity index (χ4v) is 7.88. The van der Waals surface area contributed by atoms with Crippen molar-refractivity contribution in [2.75, 3.05) is 25.6 Å². The molecule has 2 amide bonds. The van der Waals surface area contributed by atoms with Gasteiger partial charge in [-0.25, -0.2) is 4.98 Å². The van der Waals surface area contributed by atoms with Crippen LogP contribution in [0.15, 0.2) is 60.7 Å². The molecule has 0 bridgehead atoms. The molecule has 9 heteroatoms. The van der Waals surface area contributed by atoms with E-state index < -0.39 is 11.5 Å². The van der Waals surface area contributed by atoms with Crippen LogP contribution in [-0.2, 0) is 22.6 Å². The number of ether oxygens (including phenoxy) is 1. The zero-order valence-electron chi connectivity index (χ0n) is 23.9. The van der Waals surface area contributed by atoms with Gasteiger partial charge in [0.15, 0.2) is 11.7 Å². The number of fused-ring (bicyclic) bond motifs is 2. The molecule has 0 radical (unpaired) electrons. The Morgan fingerprint density at radius 1 is 1.12 bits per heavy atom. The molecule has 41 heavy (non-hydrogen) atoms. The van der Waals surface area contributed by atoms with Gasteiger partial charge >= 0.3 is 0 Å². The average molecular weight is 578 g/mol. The molecule has 3 aromatic rings. The normalized spacial score (nSPS) is 26.9. The second kappa shape index (κ2) is 11.9. The lowest BCUT2D eigenvalue weighted by Crippen LogP contribution is -2.57. The van der Waals surface area contributed by atoms with Crippen molar-refractivity contribution in [3.8, 4) is 5.75 Å². The summed E-state index contributed by atoms with van der Waals surface area (Å²) in [6.45, 7) is 4.36. The molecule has 2 aliphatic rings. The van der Waals surface area contributed by atoms with E-state index in [9.17, 15) is 19.8 Å². The molecule has 218 valence electrons. The van der Waals surface area contributed by atoms with Crippen LogP contribution >= 0.6 is 11.3 Å². The Balaban J connectivity index is 1.40. The largest absolute Gasteiger partial charge is 0.484 e. The molecule has 0 aliphatic heterocycles. The van der Waals surface area contributed by atoms with Gasteiger partial charge in [0, 0.05) is 36.2 Å². The van der Waals surface area contributed by atoms with E-state index in [0.717, 1.165) is 22.6 Å². The van der Waals surface area contributed by atoms with Gasteiger partial charge in [-0.1, -0.05) is 62.4 Å². The van der Waals surface area contributed by atoms with E-state index in [1.807, 2.05) is 62.5 Å². The fourth-order valence-electron chi connectivity index (χ4n) is 6.80. The second-order valence-corrected chi connectivity index (χ2v) is 13.0. The Labute approximate surface area is 245 Å². The molecule has 2 aromatic carbocycles. The number of anilines is 1. The van der Waals surface area contributed by atoms with E-state index in [4.69, 9.17) is 9.72 Å². The molecule has 1 fully saturated rings. The standard InChI is InChI=1S/C32H39N3O5S/c1-31-15-14-26(37)32(2,20-36)25(31)17-24-29(23(31)16-28(39)35(3)18-21-10-6-4-7-11-21)34-30(41-24)33-27(38)19-40-22-12-8-5-9-13-22/h4-13,23,25-26,36-37H,14-20H2,1-3H3,(H,33,34,38). The molecule has 2 aliphatic carbocycles. The van der Waals surface area contributed by atoms with Crippen molar-refractivity contribution in [3.05, 3.63) is 76.8 Å². The molecule has 3 N–H and O–H groups in total. The molecule has 1 heterocycles. The van der Waals surface area contributed by atoms with Gasteiger partial charge in [0.05, 0.1) is 18.4 Å². The Kier molecular flexibility index (Phi) is 8.50. The number of hydrogen-bond donors (Lipinski definition) is 3. The summed E-state index contributed by atoms with van der Waals surface area (Å²) in [7, 11) is 1.82. The number of thiazole rings is 1. The van der Waals surface area contributed by atoms with Crippen molar-refractivity contribution in [2.24, 2.45) is 16.7 Å². The molecule has 0 spiro atoms. The lowest BCUT2D eigenvalue weighted by Gasteiger charge is -2.58. The highest BCUT2D eigenvalue weighted by Gasteiger charge is 2.59. The first-order valence-corrected chi connectivity index (χ1v) is 15.0. The molecular formula is C32H39N3O5S. The number of aliphatic hydroxyl groups excluding tert-OH is 2. The number of aromatic nitrogens is 1. The Morgan fingerprint density at radius 2 is 1.80 bits per heavy atom. The van der Waals surface area contributed by atoms with Crippen molar-refractivity contribution in [1.82, 2.24) is 9.88 Å². The van der Waals surface area contributed by atoms with E-state index in [-0.39, 0.29) is 48.7 Å². The average Bonchev–Trinajstić information content (AvgIpc) is 3.38. The summed E-state index contributed by atoms with van der Waals surface area (Å²) in [5.74, 6) is 0.0348. The highest BCUT2D eigenvalue weighted by molar-refractivity contribution is 7.15. The molecule has 1 aromatic heterocycles. The SMILES string of the molecule is CN(Cc1ccccc1)C(=O)CC1c2nc(NC(=O)COc3ccccc3)sc2CC2C(C)(CO)C(O)CCC12C. The summed E-state index contributed by atoms with van der Waals surface area (Å²) < 4.78 is 5.60. The Hall–Kier alpha value is -3.27. The second-order valence-electron chi connectivity index (χ2n) is 12.0. The molecule has 5 unspecified atom stereocenters. The lowest BCUT2D eigenvalue weighted by molar-refractivity contribution is -0.147. The van der Waals surface area contributed by atoms with Crippen LogP contribution in [0, 0.1) is 16.7 Å². The number of benzene rings is 2. The van der Waals surface area contributed by atoms with E-state index >= 15 is 0 Å². The van der Waals surface area contributed by atoms with Crippen LogP contribution in [0.4, 0.5) is 5.13 Å². The quantitative estimate of drug-likeness (QED) is 0.342.